The summed E-state index contributed by atoms with van der Waals surface area (Å²) in [6.07, 6.45) is 15.6. The summed E-state index contributed by atoms with van der Waals surface area (Å²) in [5.74, 6) is 7.59. The van der Waals surface area contributed by atoms with E-state index < -0.39 is 29.7 Å². The molecule has 4 fully saturated rings. The minimum Gasteiger partial charge on any atom is -0.841 e. The van der Waals surface area contributed by atoms with Crippen LogP contribution in [0.2, 0.25) is 0 Å². The van der Waals surface area contributed by atoms with E-state index in [-0.39, 0.29) is 66.7 Å². The highest BCUT2D eigenvalue weighted by atomic mass is 16.5. The fraction of sp³-hybridized carbons (Fsp3) is 0.909. The highest BCUT2D eigenvalue weighted by Gasteiger charge is 2.48. The van der Waals surface area contributed by atoms with Crippen molar-refractivity contribution < 1.29 is 35.0 Å². The van der Waals surface area contributed by atoms with E-state index in [1.54, 1.807) is 7.11 Å². The fourth-order valence-electron chi connectivity index (χ4n) is 12.0. The van der Waals surface area contributed by atoms with Crippen LogP contribution in [0.1, 0.15) is 142 Å². The number of carbonyl (C=O) groups excluding carboxylic acids is 2. The number of piperidine rings is 1. The number of carbonyl (C=O) groups is 2. The van der Waals surface area contributed by atoms with Gasteiger partial charge in [-0.15, -0.1) is 0 Å². The first-order chi connectivity index (χ1) is 25.2. The molecule has 1 aliphatic heterocycles. The summed E-state index contributed by atoms with van der Waals surface area (Å²) in [6, 6.07) is 0. The lowest BCUT2D eigenvalue weighted by atomic mass is 9.62. The van der Waals surface area contributed by atoms with Crippen LogP contribution < -0.4 is 16.2 Å². The molecule has 0 amide bonds. The zero-order chi connectivity index (χ0) is 37.2. The van der Waals surface area contributed by atoms with E-state index in [1.165, 1.54) is 19.3 Å². The molecule has 4 aliphatic carbocycles. The van der Waals surface area contributed by atoms with Gasteiger partial charge >= 0.3 is 0 Å². The van der Waals surface area contributed by atoms with Crippen LogP contribution in [0, 0.1) is 76.9 Å². The van der Waals surface area contributed by atoms with Crippen LogP contribution in [-0.2, 0) is 14.3 Å². The number of fused-ring (bicyclic) bond motifs is 2. The van der Waals surface area contributed by atoms with E-state index >= 15 is 0 Å². The van der Waals surface area contributed by atoms with Gasteiger partial charge in [0.25, 0.3) is 0 Å². The number of Topliss-reactive ketones (excluding diaryl/α,β-unsaturated/α-hetero) is 2. The Kier molecular flexibility index (Phi) is 16.5. The van der Waals surface area contributed by atoms with Crippen LogP contribution in [0.3, 0.4) is 0 Å². The molecule has 0 aromatic carbocycles. The van der Waals surface area contributed by atoms with Gasteiger partial charge in [-0.1, -0.05) is 70.6 Å². The second-order valence-corrected chi connectivity index (χ2v) is 18.1. The van der Waals surface area contributed by atoms with Gasteiger partial charge in [0.15, 0.2) is 0 Å². The van der Waals surface area contributed by atoms with Crippen molar-refractivity contribution in [1.29, 1.82) is 0 Å². The minimum absolute atomic E-state index is 0.0518. The number of unbranched alkanes of at least 4 members (excludes halogenated alkanes) is 2. The minimum atomic E-state index is -1.90. The number of ether oxygens (including phenoxy) is 1. The molecule has 1 saturated heterocycles. The van der Waals surface area contributed by atoms with Crippen molar-refractivity contribution in [3.05, 3.63) is 0 Å². The average Bonchev–Trinajstić information content (AvgIpc) is 3.29. The molecule has 5 rings (SSSR count). The van der Waals surface area contributed by atoms with Gasteiger partial charge in [-0.2, -0.15) is 0 Å². The first kappa shape index (κ1) is 41.8. The summed E-state index contributed by atoms with van der Waals surface area (Å²) in [6.45, 7) is 5.47. The number of ketones is 2. The topological polar surface area (TPSA) is 150 Å². The second kappa shape index (κ2) is 20.5. The van der Waals surface area contributed by atoms with Crippen molar-refractivity contribution in [2.75, 3.05) is 20.3 Å². The summed E-state index contributed by atoms with van der Waals surface area (Å²) in [5.41, 5.74) is 6.46. The molecule has 0 bridgehead atoms. The van der Waals surface area contributed by atoms with Gasteiger partial charge in [-0.3, -0.25) is 5.73 Å². The van der Waals surface area contributed by atoms with Gasteiger partial charge < -0.3 is 35.0 Å². The van der Waals surface area contributed by atoms with Crippen LogP contribution in [-0.4, -0.2) is 66.5 Å². The predicted molar refractivity (Wildman–Crippen MR) is 202 cm³/mol. The molecule has 296 valence electrons. The summed E-state index contributed by atoms with van der Waals surface area (Å²) in [4.78, 5) is 28.7. The van der Waals surface area contributed by atoms with Crippen molar-refractivity contribution >= 4 is 11.6 Å². The monoisotopic (exact) mass is 727 g/mol. The highest BCUT2D eigenvalue weighted by molar-refractivity contribution is 6.05. The third kappa shape index (κ3) is 10.5. The molecule has 8 nitrogen and oxygen atoms in total. The lowest BCUT2D eigenvalue weighted by Crippen LogP contribution is -2.94. The van der Waals surface area contributed by atoms with E-state index in [1.807, 2.05) is 0 Å². The first-order valence-corrected chi connectivity index (χ1v) is 21.8. The maximum atomic E-state index is 14.8. The van der Waals surface area contributed by atoms with Gasteiger partial charge in [-0.05, 0) is 124 Å². The molecule has 52 heavy (non-hydrogen) atoms. The lowest BCUT2D eigenvalue weighted by Gasteiger charge is -2.44. The van der Waals surface area contributed by atoms with E-state index in [4.69, 9.17) is 10.5 Å². The van der Waals surface area contributed by atoms with Crippen LogP contribution in [0.4, 0.5) is 0 Å². The number of aliphatic hydroxyl groups excluding tert-OH is 2. The summed E-state index contributed by atoms with van der Waals surface area (Å²) in [7, 11) is 1.65. The molecule has 1 heterocycles. The van der Waals surface area contributed by atoms with Crippen LogP contribution in [0.5, 0.6) is 0 Å². The average molecular weight is 727 g/mol. The van der Waals surface area contributed by atoms with Crippen LogP contribution in [0.25, 0.3) is 0 Å². The maximum Gasteiger partial charge on any atom is 0.137 e. The molecular formula is C44H74N2O6. The summed E-state index contributed by atoms with van der Waals surface area (Å²) < 4.78 is 5.73. The van der Waals surface area contributed by atoms with Crippen LogP contribution >= 0.6 is 0 Å². The molecule has 3 saturated carbocycles. The van der Waals surface area contributed by atoms with Gasteiger partial charge in [-0.25, -0.2) is 0 Å². The van der Waals surface area contributed by atoms with Crippen molar-refractivity contribution in [3.8, 4) is 11.8 Å². The molecule has 14 atom stereocenters. The Morgan fingerprint density at radius 3 is 2.42 bits per heavy atom. The Bertz CT molecular complexity index is 1180. The normalized spacial score (nSPS) is 40.2. The number of aliphatic hydroxyl groups is 2. The molecule has 0 aromatic rings. The van der Waals surface area contributed by atoms with Gasteiger partial charge in [0, 0.05) is 44.3 Å². The van der Waals surface area contributed by atoms with Crippen molar-refractivity contribution in [2.45, 2.75) is 167 Å². The fourth-order valence-corrected chi connectivity index (χ4v) is 12.0. The van der Waals surface area contributed by atoms with E-state index in [0.717, 1.165) is 90.0 Å². The number of hydrogen-bond donors (Lipinski definition) is 4. The van der Waals surface area contributed by atoms with Crippen molar-refractivity contribution in [2.24, 2.45) is 70.8 Å². The second-order valence-electron chi connectivity index (χ2n) is 18.1. The zero-order valence-electron chi connectivity index (χ0n) is 32.9. The Balaban J connectivity index is 1.63. The molecule has 6 N–H and O–H groups in total. The number of rotatable bonds is 12. The standard InChI is InChI=1S/C44H73N2O6/c1-4-6-8-14-35-36(33(27-47)11-5-2)23-29(21-28-19-20-46-41(45)24-28)22-32-15-17-34(30-12-9-7-10-13-30)37-26-39(49)40(52-3)25-31(37)16-18-38(48)43(50)44(51)42(32)35/h28-37,39-43,46-47,49H,4-14,16,18-27,45H2,1-3H3/q-1/p+1. The first-order valence-electron chi connectivity index (χ1n) is 21.8. The van der Waals surface area contributed by atoms with Crippen molar-refractivity contribution in [1.82, 2.24) is 0 Å². The third-order valence-corrected chi connectivity index (χ3v) is 14.7. The van der Waals surface area contributed by atoms with E-state index in [2.05, 4.69) is 31.0 Å². The number of nitrogens with two attached hydrogens (primary N) is 2. The summed E-state index contributed by atoms with van der Waals surface area (Å²) >= 11 is 0. The Morgan fingerprint density at radius 2 is 1.73 bits per heavy atom. The summed E-state index contributed by atoms with van der Waals surface area (Å²) in [5, 5.41) is 38.6. The van der Waals surface area contributed by atoms with Gasteiger partial charge in [0.05, 0.1) is 18.8 Å². The van der Waals surface area contributed by atoms with E-state index in [0.29, 0.717) is 37.0 Å². The predicted octanol–water partition coefficient (Wildman–Crippen LogP) is 4.76. The molecule has 0 radical (unpaired) electrons. The Labute approximate surface area is 315 Å². The molecule has 8 heteroatoms. The quantitative estimate of drug-likeness (QED) is 0.129. The van der Waals surface area contributed by atoms with E-state index in [9.17, 15) is 24.9 Å². The van der Waals surface area contributed by atoms with Gasteiger partial charge in [0.2, 0.25) is 0 Å². The smallest absolute Gasteiger partial charge is 0.137 e. The largest absolute Gasteiger partial charge is 0.841 e. The van der Waals surface area contributed by atoms with Gasteiger partial charge in [0.1, 0.15) is 17.7 Å². The number of hydrogen-bond acceptors (Lipinski definition) is 7. The maximum absolute atomic E-state index is 14.8. The van der Waals surface area contributed by atoms with Crippen molar-refractivity contribution in [3.63, 3.8) is 0 Å². The molecule has 5 aliphatic rings. The van der Waals surface area contributed by atoms with Crippen LogP contribution in [0.15, 0.2) is 0 Å². The molecule has 0 spiro atoms. The highest BCUT2D eigenvalue weighted by Crippen LogP contribution is 2.50. The Hall–Kier alpha value is -1.34. The Morgan fingerprint density at radius 1 is 0.942 bits per heavy atom. The number of quaternary nitrogens is 1. The SMILES string of the molecule is CCCCCC1C(C(CO)CCC)CC(CC2CC[NH2+]C(N)C2)CC2C#CC(C3CCCCC3)C3CC(O)C(OC)CC3CCC(=O)C([O-])C(=O)C21. The lowest BCUT2D eigenvalue weighted by molar-refractivity contribution is -0.699. The number of methoxy groups -OCH3 is 1. The zero-order valence-corrected chi connectivity index (χ0v) is 32.9. The molecule has 14 unspecified atom stereocenters. The molecule has 0 aromatic heterocycles. The third-order valence-electron chi connectivity index (χ3n) is 14.7. The molecular weight excluding hydrogens is 652 g/mol.